The molecule has 26 heteroatoms. The van der Waals surface area contributed by atoms with Crippen molar-refractivity contribution in [2.45, 2.75) is 258 Å². The Morgan fingerprint density at radius 3 is 1.45 bits per heavy atom. The van der Waals surface area contributed by atoms with E-state index in [1.807, 2.05) is 12.1 Å². The zero-order valence-corrected chi connectivity index (χ0v) is 60.4. The van der Waals surface area contributed by atoms with Crippen LogP contribution in [0.3, 0.4) is 0 Å². The number of carboxylic acids is 1. The zero-order chi connectivity index (χ0) is 74.7. The van der Waals surface area contributed by atoms with Crippen LogP contribution in [0.25, 0.3) is 44.6 Å². The molecule has 0 spiro atoms. The topological polar surface area (TPSA) is 353 Å². The first kappa shape index (κ1) is 77.2. The molecule has 552 valence electrons. The van der Waals surface area contributed by atoms with Crippen LogP contribution in [0.15, 0.2) is 70.3 Å². The lowest BCUT2D eigenvalue weighted by Crippen LogP contribution is -2.47. The predicted octanol–water partition coefficient (Wildman–Crippen LogP) is 11.7. The molecule has 4 aliphatic rings. The number of carbonyl (C=O) groups excluding carboxylic acids is 8. The molecular formula is C77H94N6O20. The van der Waals surface area contributed by atoms with Gasteiger partial charge < -0.3 is 63.1 Å². The van der Waals surface area contributed by atoms with Gasteiger partial charge >= 0.3 is 42.0 Å². The number of ether oxygens (including phenoxy) is 7. The van der Waals surface area contributed by atoms with Crippen LogP contribution < -0.4 is 26.5 Å². The van der Waals surface area contributed by atoms with Gasteiger partial charge in [-0.25, -0.2) is 33.9 Å². The van der Waals surface area contributed by atoms with Crippen LogP contribution in [0.1, 0.15) is 231 Å². The number of carboxylic acid groups (broad SMARTS) is 1. The summed E-state index contributed by atoms with van der Waals surface area (Å²) >= 11 is 0. The van der Waals surface area contributed by atoms with Crippen LogP contribution in [0, 0.1) is 0 Å². The molecule has 0 bridgehead atoms. The standard InChI is InChI=1S/C43H55N3O11.C34H39N3O9/c1-9-11-12-13-14-15-16-32(38(50)56-41(3,4)5)44-34(47)19-20-35(48)55-43(10-2)30-23-33-36-27(24-46(33)37(49)29(30)25-53-39(43)51)21-26-22-28(17-18-31(26)45-36)54-40(52)57-42(6,7)8;1-3-5-6-7-8-9-10-26(32(42)43)35-28(39)13-14-29(40)46-34(4-2)24-17-27-30-21(15-20-16-22(38)11-12-25(20)36-30)18-37(27)31(41)23(24)19-45-33(34)44/h17-18,21-23,32H,9-16,19-20,24-25H2,1-8H3,(H,44,47);11-12,15-17,26,38H,3-10,13-14,18-19H2,1-2H3,(H,35,39)(H,42,43)/t32?,43-;26?,34-/m00/s1. The number of pyridine rings is 4. The summed E-state index contributed by atoms with van der Waals surface area (Å²) in [7, 11) is 0. The normalized spacial score (nSPS) is 16.7. The highest BCUT2D eigenvalue weighted by atomic mass is 16.7. The Balaban J connectivity index is 0.000000245. The second-order valence-electron chi connectivity index (χ2n) is 28.6. The smallest absolute Gasteiger partial charge is 0.508 e. The maximum absolute atomic E-state index is 14.0. The van der Waals surface area contributed by atoms with Crippen LogP contribution >= 0.6 is 0 Å². The van der Waals surface area contributed by atoms with Crippen molar-refractivity contribution < 1.29 is 86.5 Å². The molecule has 10 rings (SSSR count). The molecule has 0 saturated heterocycles. The maximum Gasteiger partial charge on any atom is 0.514 e. The highest BCUT2D eigenvalue weighted by molar-refractivity contribution is 5.93. The number of hydrogen-bond donors (Lipinski definition) is 4. The SMILES string of the molecule is CCCCCCCCC(NC(=O)CCC(=O)O[C@]1(CC)C(=O)OCc2c1cc1n(c2=O)Cc2cc3cc(O)ccc3nc2-1)C(=O)O.CCCCCCCCC(NC(=O)CCC(=O)O[C@]1(CC)C(=O)OCc2c1cc1n(c2=O)Cc2cc3cc(OC(=O)OC(C)(C)C)ccc3nc2-1)C(=O)OC(C)(C)C. The lowest BCUT2D eigenvalue weighted by atomic mass is 9.85. The number of nitrogens with zero attached hydrogens (tertiary/aromatic N) is 4. The van der Waals surface area contributed by atoms with Gasteiger partial charge in [0, 0.05) is 45.9 Å². The number of aliphatic carboxylic acids is 1. The van der Waals surface area contributed by atoms with Gasteiger partial charge in [-0.15, -0.1) is 0 Å². The van der Waals surface area contributed by atoms with E-state index in [4.69, 9.17) is 43.1 Å². The van der Waals surface area contributed by atoms with Gasteiger partial charge in [0.1, 0.15) is 48.0 Å². The number of esters is 5. The summed E-state index contributed by atoms with van der Waals surface area (Å²) in [5.74, 6) is -5.86. The molecule has 4 aliphatic heterocycles. The monoisotopic (exact) mass is 1420 g/mol. The number of carbonyl (C=O) groups is 9. The molecule has 4 N–H and O–H groups in total. The summed E-state index contributed by atoms with van der Waals surface area (Å²) in [4.78, 5) is 153. The fourth-order valence-corrected chi connectivity index (χ4v) is 13.3. The van der Waals surface area contributed by atoms with Crippen molar-refractivity contribution in [3.05, 3.63) is 115 Å². The highest BCUT2D eigenvalue weighted by Gasteiger charge is 2.52. The molecule has 4 atom stereocenters. The minimum atomic E-state index is -1.94. The number of rotatable bonds is 29. The molecular weight excluding hydrogens is 1330 g/mol. The maximum atomic E-state index is 14.0. The lowest BCUT2D eigenvalue weighted by Gasteiger charge is -2.35. The minimum absolute atomic E-state index is 0.0315. The number of unbranched alkanes of at least 4 members (excludes halogenated alkanes) is 10. The Hall–Kier alpha value is -10.0. The third-order valence-electron chi connectivity index (χ3n) is 18.5. The first-order valence-corrected chi connectivity index (χ1v) is 35.8. The van der Waals surface area contributed by atoms with Crippen molar-refractivity contribution in [1.82, 2.24) is 29.7 Å². The number of benzene rings is 2. The quantitative estimate of drug-likeness (QED) is 0.0146. The van der Waals surface area contributed by atoms with E-state index in [2.05, 4.69) is 24.5 Å². The number of amides is 2. The van der Waals surface area contributed by atoms with E-state index in [1.54, 1.807) is 97.9 Å². The summed E-state index contributed by atoms with van der Waals surface area (Å²) in [6.45, 7) is 17.8. The van der Waals surface area contributed by atoms with E-state index < -0.39 is 112 Å². The number of hydrogen-bond acceptors (Lipinski definition) is 21. The molecule has 0 aliphatic carbocycles. The molecule has 4 aromatic heterocycles. The number of cyclic esters (lactones) is 2. The second kappa shape index (κ2) is 33.0. The summed E-state index contributed by atoms with van der Waals surface area (Å²) in [5, 5.41) is 26.0. The number of aromatic hydroxyl groups is 1. The van der Waals surface area contributed by atoms with Crippen molar-refractivity contribution in [2.75, 3.05) is 0 Å². The molecule has 0 saturated carbocycles. The Labute approximate surface area is 596 Å². The van der Waals surface area contributed by atoms with E-state index in [0.717, 1.165) is 81.8 Å². The van der Waals surface area contributed by atoms with Gasteiger partial charge in [-0.2, -0.15) is 0 Å². The van der Waals surface area contributed by atoms with E-state index in [0.29, 0.717) is 57.4 Å². The van der Waals surface area contributed by atoms with Gasteiger partial charge in [-0.05, 0) is 128 Å². The third kappa shape index (κ3) is 18.3. The van der Waals surface area contributed by atoms with Crippen LogP contribution in [0.5, 0.6) is 11.5 Å². The first-order valence-electron chi connectivity index (χ1n) is 35.8. The van der Waals surface area contributed by atoms with Crippen LogP contribution in [0.2, 0.25) is 0 Å². The molecule has 2 unspecified atom stereocenters. The van der Waals surface area contributed by atoms with E-state index in [9.17, 15) is 63.0 Å². The summed E-state index contributed by atoms with van der Waals surface area (Å²) in [6.07, 6.45) is 10.2. The lowest BCUT2D eigenvalue weighted by molar-refractivity contribution is -0.189. The number of phenolic OH excluding ortho intramolecular Hbond substituents is 1. The van der Waals surface area contributed by atoms with Crippen molar-refractivity contribution >= 4 is 75.6 Å². The van der Waals surface area contributed by atoms with Crippen molar-refractivity contribution in [3.8, 4) is 34.3 Å². The highest BCUT2D eigenvalue weighted by Crippen LogP contribution is 2.44. The number of nitrogens with one attached hydrogen (secondary N) is 2. The Kier molecular flexibility index (Phi) is 24.7. The minimum Gasteiger partial charge on any atom is -0.508 e. The van der Waals surface area contributed by atoms with Gasteiger partial charge in [-0.1, -0.05) is 105 Å². The van der Waals surface area contributed by atoms with Crippen molar-refractivity contribution in [2.24, 2.45) is 0 Å². The average Bonchev–Trinajstić information content (AvgIpc) is 1.67. The summed E-state index contributed by atoms with van der Waals surface area (Å²) in [5.41, 5.74) is -0.781. The second-order valence-corrected chi connectivity index (χ2v) is 28.6. The van der Waals surface area contributed by atoms with Gasteiger partial charge in [-0.3, -0.25) is 28.8 Å². The predicted molar refractivity (Wildman–Crippen MR) is 377 cm³/mol. The fourth-order valence-electron chi connectivity index (χ4n) is 13.3. The number of phenols is 1. The van der Waals surface area contributed by atoms with E-state index in [-0.39, 0.29) is 92.2 Å². The summed E-state index contributed by atoms with van der Waals surface area (Å²) in [6, 6.07) is 14.8. The van der Waals surface area contributed by atoms with E-state index >= 15 is 0 Å². The average molecular weight is 1420 g/mol. The van der Waals surface area contributed by atoms with Crippen LogP contribution in [-0.2, 0) is 104 Å². The molecule has 2 amide bonds. The van der Waals surface area contributed by atoms with Crippen LogP contribution in [-0.4, -0.2) is 106 Å². The fraction of sp³-hybridized carbons (Fsp3) is 0.519. The Morgan fingerprint density at radius 2 is 0.990 bits per heavy atom. The van der Waals surface area contributed by atoms with Crippen molar-refractivity contribution in [1.29, 1.82) is 0 Å². The third-order valence-corrected chi connectivity index (χ3v) is 18.5. The Bertz CT molecular complexity index is 4390. The number of fused-ring (bicyclic) bond motifs is 10. The van der Waals surface area contributed by atoms with Crippen molar-refractivity contribution in [3.63, 3.8) is 0 Å². The van der Waals surface area contributed by atoms with Gasteiger partial charge in [0.2, 0.25) is 23.0 Å². The molecule has 6 aromatic rings. The zero-order valence-electron chi connectivity index (χ0n) is 60.4. The molecule has 8 heterocycles. The number of aromatic nitrogens is 4. The molecule has 2 aromatic carbocycles. The molecule has 26 nitrogen and oxygen atoms in total. The van der Waals surface area contributed by atoms with Gasteiger partial charge in [0.25, 0.3) is 11.1 Å². The largest absolute Gasteiger partial charge is 0.514 e. The van der Waals surface area contributed by atoms with E-state index in [1.165, 1.54) is 15.2 Å². The van der Waals surface area contributed by atoms with Gasteiger partial charge in [0.15, 0.2) is 0 Å². The van der Waals surface area contributed by atoms with Crippen LogP contribution in [0.4, 0.5) is 4.79 Å². The summed E-state index contributed by atoms with van der Waals surface area (Å²) < 4.78 is 41.7. The molecule has 103 heavy (non-hydrogen) atoms. The van der Waals surface area contributed by atoms with Gasteiger partial charge in [0.05, 0.1) is 70.9 Å². The molecule has 0 radical (unpaired) electrons. The first-order chi connectivity index (χ1) is 48.9. The Morgan fingerprint density at radius 1 is 0.553 bits per heavy atom. The molecule has 0 fully saturated rings.